The molecule has 0 spiro atoms. The zero-order chi connectivity index (χ0) is 13.9. The number of hydrogen-bond acceptors (Lipinski definition) is 4. The average Bonchev–Trinajstić information content (AvgIpc) is 2.60. The highest BCUT2D eigenvalue weighted by molar-refractivity contribution is 7.89. The molecule has 2 N–H and O–H groups in total. The van der Waals surface area contributed by atoms with Crippen molar-refractivity contribution >= 4 is 16.0 Å². The van der Waals surface area contributed by atoms with Gasteiger partial charge < -0.3 is 9.52 Å². The summed E-state index contributed by atoms with van der Waals surface area (Å²) in [7, 11) is -3.83. The first-order valence-corrected chi connectivity index (χ1v) is 6.55. The molecule has 0 saturated heterocycles. The fourth-order valence-corrected chi connectivity index (χ4v) is 2.81. The second-order valence-electron chi connectivity index (χ2n) is 3.77. The van der Waals surface area contributed by atoms with Crippen LogP contribution in [0.4, 0.5) is 0 Å². The Morgan fingerprint density at radius 3 is 2.72 bits per heavy atom. The molecule has 0 saturated carbocycles. The number of carboxylic acids is 1. The Hall–Kier alpha value is -1.78. The number of rotatable bonds is 5. The summed E-state index contributed by atoms with van der Waals surface area (Å²) in [6.07, 6.45) is 5.32. The number of nitrogens with one attached hydrogen (secondary N) is 1. The highest BCUT2D eigenvalue weighted by Crippen LogP contribution is 2.20. The number of furan rings is 1. The van der Waals surface area contributed by atoms with Crippen LogP contribution in [-0.4, -0.2) is 25.5 Å². The molecule has 0 aliphatic carbocycles. The van der Waals surface area contributed by atoms with Crippen LogP contribution in [0.15, 0.2) is 15.4 Å². The number of terminal acetylenes is 1. The molecule has 1 unspecified atom stereocenters. The first kappa shape index (κ1) is 14.3. The van der Waals surface area contributed by atoms with E-state index < -0.39 is 27.8 Å². The molecule has 1 aromatic rings. The summed E-state index contributed by atoms with van der Waals surface area (Å²) >= 11 is 0. The number of aromatic carboxylic acids is 1. The van der Waals surface area contributed by atoms with E-state index in [0.717, 1.165) is 6.07 Å². The Morgan fingerprint density at radius 2 is 2.28 bits per heavy atom. The van der Waals surface area contributed by atoms with Gasteiger partial charge in [-0.1, -0.05) is 0 Å². The molecule has 0 bridgehead atoms. The van der Waals surface area contributed by atoms with Gasteiger partial charge >= 0.3 is 5.97 Å². The largest absolute Gasteiger partial charge is 0.475 e. The third-order valence-electron chi connectivity index (χ3n) is 2.15. The number of hydrogen-bond donors (Lipinski definition) is 2. The topological polar surface area (TPSA) is 96.6 Å². The van der Waals surface area contributed by atoms with E-state index in [2.05, 4.69) is 10.6 Å². The van der Waals surface area contributed by atoms with Crippen LogP contribution in [0.5, 0.6) is 0 Å². The lowest BCUT2D eigenvalue weighted by Crippen LogP contribution is -2.32. The smallest absolute Gasteiger partial charge is 0.371 e. The van der Waals surface area contributed by atoms with E-state index in [-0.39, 0.29) is 17.1 Å². The molecular formula is C11H13NO5S. The van der Waals surface area contributed by atoms with Gasteiger partial charge in [-0.3, -0.25) is 0 Å². The molecule has 0 radical (unpaired) electrons. The van der Waals surface area contributed by atoms with Crippen LogP contribution in [0.2, 0.25) is 0 Å². The molecule has 0 amide bonds. The van der Waals surface area contributed by atoms with Crippen molar-refractivity contribution < 1.29 is 22.7 Å². The molecule has 1 heterocycles. The van der Waals surface area contributed by atoms with Crippen LogP contribution in [0.3, 0.4) is 0 Å². The summed E-state index contributed by atoms with van der Waals surface area (Å²) in [6, 6.07) is 0.533. The third-order valence-corrected chi connectivity index (χ3v) is 3.85. The summed E-state index contributed by atoms with van der Waals surface area (Å²) in [5, 5.41) is 8.72. The lowest BCUT2D eigenvalue weighted by Gasteiger charge is -2.10. The standard InChI is InChI=1S/C11H13NO5S/c1-4-5-7(2)12-18(15,16)10-6-9(11(13)14)17-8(10)3/h1,6-7,12H,5H2,2-3H3,(H,13,14). The van der Waals surface area contributed by atoms with Crippen molar-refractivity contribution in [1.82, 2.24) is 4.72 Å². The van der Waals surface area contributed by atoms with Crippen LogP contribution in [0.25, 0.3) is 0 Å². The summed E-state index contributed by atoms with van der Waals surface area (Å²) < 4.78 is 31.1. The monoisotopic (exact) mass is 271 g/mol. The molecule has 1 atom stereocenters. The highest BCUT2D eigenvalue weighted by atomic mass is 32.2. The number of aryl methyl sites for hydroxylation is 1. The Bertz CT molecular complexity index is 593. The summed E-state index contributed by atoms with van der Waals surface area (Å²) in [5.41, 5.74) is 0. The molecule has 1 aromatic heterocycles. The predicted molar refractivity (Wildman–Crippen MR) is 63.6 cm³/mol. The third kappa shape index (κ3) is 3.12. The Kier molecular flexibility index (Phi) is 4.16. The van der Waals surface area contributed by atoms with E-state index >= 15 is 0 Å². The van der Waals surface area contributed by atoms with E-state index in [9.17, 15) is 13.2 Å². The molecule has 0 fully saturated rings. The summed E-state index contributed by atoms with van der Waals surface area (Å²) in [4.78, 5) is 10.5. The number of sulfonamides is 1. The lowest BCUT2D eigenvalue weighted by atomic mass is 10.3. The zero-order valence-electron chi connectivity index (χ0n) is 9.93. The van der Waals surface area contributed by atoms with Gasteiger partial charge in [0.1, 0.15) is 10.7 Å². The van der Waals surface area contributed by atoms with Crippen LogP contribution < -0.4 is 4.72 Å². The Balaban J connectivity index is 3.06. The molecule has 1 rings (SSSR count). The summed E-state index contributed by atoms with van der Waals surface area (Å²) in [6.45, 7) is 3.00. The van der Waals surface area contributed by atoms with Crippen molar-refractivity contribution in [3.05, 3.63) is 17.6 Å². The second-order valence-corrected chi connectivity index (χ2v) is 5.45. The number of carbonyl (C=O) groups is 1. The van der Waals surface area contributed by atoms with E-state index in [1.807, 2.05) is 0 Å². The maximum Gasteiger partial charge on any atom is 0.371 e. The quantitative estimate of drug-likeness (QED) is 0.778. The molecular weight excluding hydrogens is 258 g/mol. The van der Waals surface area contributed by atoms with Gasteiger partial charge in [0.15, 0.2) is 0 Å². The molecule has 0 aliphatic rings. The van der Waals surface area contributed by atoms with Crippen LogP contribution >= 0.6 is 0 Å². The minimum atomic E-state index is -3.83. The zero-order valence-corrected chi connectivity index (χ0v) is 10.7. The maximum absolute atomic E-state index is 11.9. The molecule has 18 heavy (non-hydrogen) atoms. The van der Waals surface area contributed by atoms with Gasteiger partial charge in [-0.05, 0) is 13.8 Å². The summed E-state index contributed by atoms with van der Waals surface area (Å²) in [5.74, 6) is 0.614. The second kappa shape index (κ2) is 5.25. The molecule has 0 aliphatic heterocycles. The fraction of sp³-hybridized carbons (Fsp3) is 0.364. The Morgan fingerprint density at radius 1 is 1.67 bits per heavy atom. The minimum absolute atomic E-state index is 0.0211. The Labute approximate surface area is 105 Å². The van der Waals surface area contributed by atoms with Crippen molar-refractivity contribution in [2.24, 2.45) is 0 Å². The van der Waals surface area contributed by atoms with E-state index in [0.29, 0.717) is 0 Å². The first-order valence-electron chi connectivity index (χ1n) is 5.07. The van der Waals surface area contributed by atoms with Gasteiger partial charge in [-0.15, -0.1) is 12.3 Å². The minimum Gasteiger partial charge on any atom is -0.475 e. The van der Waals surface area contributed by atoms with Crippen molar-refractivity contribution in [3.8, 4) is 12.3 Å². The lowest BCUT2D eigenvalue weighted by molar-refractivity contribution is 0.0661. The van der Waals surface area contributed by atoms with Gasteiger partial charge in [0.2, 0.25) is 15.8 Å². The van der Waals surface area contributed by atoms with E-state index in [4.69, 9.17) is 15.9 Å². The van der Waals surface area contributed by atoms with Gasteiger partial charge in [-0.2, -0.15) is 0 Å². The van der Waals surface area contributed by atoms with E-state index in [1.54, 1.807) is 6.92 Å². The van der Waals surface area contributed by atoms with Gasteiger partial charge in [0, 0.05) is 18.5 Å². The molecule has 7 heteroatoms. The average molecular weight is 271 g/mol. The predicted octanol–water partition coefficient (Wildman–Crippen LogP) is 0.976. The van der Waals surface area contributed by atoms with Crippen molar-refractivity contribution in [3.63, 3.8) is 0 Å². The SMILES string of the molecule is C#CCC(C)NS(=O)(=O)c1cc(C(=O)O)oc1C. The van der Waals surface area contributed by atoms with Gasteiger partial charge in [-0.25, -0.2) is 17.9 Å². The fourth-order valence-electron chi connectivity index (χ4n) is 1.38. The van der Waals surface area contributed by atoms with Crippen LogP contribution in [-0.2, 0) is 10.0 Å². The van der Waals surface area contributed by atoms with Crippen molar-refractivity contribution in [1.29, 1.82) is 0 Å². The number of carboxylic acid groups (broad SMARTS) is 1. The van der Waals surface area contributed by atoms with Crippen molar-refractivity contribution in [2.45, 2.75) is 31.2 Å². The van der Waals surface area contributed by atoms with Gasteiger partial charge in [0.25, 0.3) is 0 Å². The van der Waals surface area contributed by atoms with Crippen molar-refractivity contribution in [2.75, 3.05) is 0 Å². The maximum atomic E-state index is 11.9. The highest BCUT2D eigenvalue weighted by Gasteiger charge is 2.24. The van der Waals surface area contributed by atoms with E-state index in [1.165, 1.54) is 6.92 Å². The first-order chi connectivity index (χ1) is 8.27. The normalized spacial score (nSPS) is 12.9. The van der Waals surface area contributed by atoms with Gasteiger partial charge in [0.05, 0.1) is 0 Å². The molecule has 98 valence electrons. The molecule has 0 aromatic carbocycles. The van der Waals surface area contributed by atoms with Crippen LogP contribution in [0, 0.1) is 19.3 Å². The van der Waals surface area contributed by atoms with Crippen LogP contribution in [0.1, 0.15) is 29.7 Å². The molecule has 6 nitrogen and oxygen atoms in total.